The highest BCUT2D eigenvalue weighted by atomic mass is 16.5. The van der Waals surface area contributed by atoms with Crippen LogP contribution in [0.25, 0.3) is 11.1 Å². The number of carbonyl (C=O) groups is 2. The number of carboxylic acids is 1. The molecular formula is C19H20NO4-. The van der Waals surface area contributed by atoms with Crippen LogP contribution in [0.5, 0.6) is 5.75 Å². The summed E-state index contributed by atoms with van der Waals surface area (Å²) in [5, 5.41) is 13.4. The largest absolute Gasteiger partial charge is 0.548 e. The number of carbonyl (C=O) groups excluding carboxylic acids is 2. The van der Waals surface area contributed by atoms with E-state index in [0.717, 1.165) is 11.1 Å². The summed E-state index contributed by atoms with van der Waals surface area (Å²) in [6.45, 7) is 3.14. The first kappa shape index (κ1) is 17.5. The molecule has 1 N–H and O–H groups in total. The van der Waals surface area contributed by atoms with E-state index in [4.69, 9.17) is 4.74 Å². The molecule has 0 fully saturated rings. The molecule has 0 saturated heterocycles. The van der Waals surface area contributed by atoms with Crippen LogP contribution in [-0.2, 0) is 9.59 Å². The van der Waals surface area contributed by atoms with Crippen molar-refractivity contribution >= 4 is 11.9 Å². The number of hydrogen-bond acceptors (Lipinski definition) is 4. The third kappa shape index (κ3) is 4.59. The Kier molecular flexibility index (Phi) is 5.95. The highest BCUT2D eigenvalue weighted by Crippen LogP contribution is 2.29. The Morgan fingerprint density at radius 3 is 2.29 bits per heavy atom. The predicted molar refractivity (Wildman–Crippen MR) is 89.1 cm³/mol. The van der Waals surface area contributed by atoms with Crippen molar-refractivity contribution < 1.29 is 19.4 Å². The van der Waals surface area contributed by atoms with Gasteiger partial charge in [-0.3, -0.25) is 4.79 Å². The van der Waals surface area contributed by atoms with Crippen LogP contribution in [0.3, 0.4) is 0 Å². The van der Waals surface area contributed by atoms with Gasteiger partial charge in [0.25, 0.3) is 5.91 Å². The molecule has 1 amide bonds. The molecule has 0 aliphatic carbocycles. The van der Waals surface area contributed by atoms with Gasteiger partial charge in [-0.25, -0.2) is 0 Å². The van der Waals surface area contributed by atoms with Crippen LogP contribution in [0.15, 0.2) is 54.6 Å². The molecule has 1 atom stereocenters. The second-order valence-electron chi connectivity index (χ2n) is 5.76. The topological polar surface area (TPSA) is 78.5 Å². The maximum atomic E-state index is 12.0. The lowest BCUT2D eigenvalue weighted by Crippen LogP contribution is -2.51. The summed E-state index contributed by atoms with van der Waals surface area (Å²) in [6.07, 6.45) is 0. The van der Waals surface area contributed by atoms with Gasteiger partial charge in [0.1, 0.15) is 5.75 Å². The number of hydrogen-bond donors (Lipinski definition) is 1. The van der Waals surface area contributed by atoms with Gasteiger partial charge in [-0.2, -0.15) is 0 Å². The van der Waals surface area contributed by atoms with E-state index < -0.39 is 17.9 Å². The molecule has 2 aromatic rings. The predicted octanol–water partition coefficient (Wildman–Crippen LogP) is 1.62. The Morgan fingerprint density at radius 1 is 1.04 bits per heavy atom. The first-order chi connectivity index (χ1) is 11.5. The maximum absolute atomic E-state index is 12.0. The zero-order valence-electron chi connectivity index (χ0n) is 13.7. The first-order valence-electron chi connectivity index (χ1n) is 7.76. The fourth-order valence-corrected chi connectivity index (χ4v) is 2.30. The lowest BCUT2D eigenvalue weighted by Gasteiger charge is -2.23. The molecular weight excluding hydrogens is 306 g/mol. The monoisotopic (exact) mass is 326 g/mol. The smallest absolute Gasteiger partial charge is 0.258 e. The van der Waals surface area contributed by atoms with Crippen LogP contribution in [0, 0.1) is 5.92 Å². The molecule has 24 heavy (non-hydrogen) atoms. The van der Waals surface area contributed by atoms with Crippen LogP contribution in [-0.4, -0.2) is 24.5 Å². The van der Waals surface area contributed by atoms with Crippen molar-refractivity contribution in [2.75, 3.05) is 6.61 Å². The Morgan fingerprint density at radius 2 is 1.67 bits per heavy atom. The average molecular weight is 326 g/mol. The van der Waals surface area contributed by atoms with E-state index in [1.807, 2.05) is 48.5 Å². The summed E-state index contributed by atoms with van der Waals surface area (Å²) in [5.74, 6) is -1.51. The molecule has 0 heterocycles. The molecule has 0 aliphatic heterocycles. The van der Waals surface area contributed by atoms with E-state index in [-0.39, 0.29) is 12.5 Å². The standard InChI is InChI=1S/C19H21NO4/c1-13(2)18(19(22)23)20-17(21)12-24-16-11-7-6-10-15(16)14-8-4-3-5-9-14/h3-11,13,18H,12H2,1-2H3,(H,20,21)(H,22,23)/p-1/t18-/m1/s1. The van der Waals surface area contributed by atoms with Crippen molar-refractivity contribution in [3.05, 3.63) is 54.6 Å². The number of carboxylic acid groups (broad SMARTS) is 1. The second-order valence-corrected chi connectivity index (χ2v) is 5.76. The Hall–Kier alpha value is -2.82. The number of ether oxygens (including phenoxy) is 1. The normalized spacial score (nSPS) is 11.8. The maximum Gasteiger partial charge on any atom is 0.258 e. The van der Waals surface area contributed by atoms with Crippen molar-refractivity contribution in [2.45, 2.75) is 19.9 Å². The summed E-state index contributed by atoms with van der Waals surface area (Å²) >= 11 is 0. The van der Waals surface area contributed by atoms with Gasteiger partial charge in [0.2, 0.25) is 0 Å². The number of rotatable bonds is 7. The molecule has 0 unspecified atom stereocenters. The fourth-order valence-electron chi connectivity index (χ4n) is 2.30. The third-order valence-electron chi connectivity index (χ3n) is 3.57. The molecule has 5 nitrogen and oxygen atoms in total. The Bertz CT molecular complexity index is 698. The minimum atomic E-state index is -1.30. The van der Waals surface area contributed by atoms with Crippen molar-refractivity contribution in [3.63, 3.8) is 0 Å². The Balaban J connectivity index is 2.05. The summed E-state index contributed by atoms with van der Waals surface area (Å²) in [4.78, 5) is 23.0. The van der Waals surface area contributed by atoms with Crippen molar-refractivity contribution in [2.24, 2.45) is 5.92 Å². The molecule has 0 saturated carbocycles. The van der Waals surface area contributed by atoms with Crippen LogP contribution >= 0.6 is 0 Å². The lowest BCUT2D eigenvalue weighted by molar-refractivity contribution is -0.309. The zero-order chi connectivity index (χ0) is 17.5. The SMILES string of the molecule is CC(C)[C@@H](NC(=O)COc1ccccc1-c1ccccc1)C(=O)[O-]. The molecule has 0 aromatic heterocycles. The van der Waals surface area contributed by atoms with E-state index in [1.54, 1.807) is 19.9 Å². The summed E-state index contributed by atoms with van der Waals surface area (Å²) in [5.41, 5.74) is 1.84. The molecule has 0 radical (unpaired) electrons. The number of nitrogens with one attached hydrogen (secondary N) is 1. The summed E-state index contributed by atoms with van der Waals surface area (Å²) in [6, 6.07) is 16.0. The highest BCUT2D eigenvalue weighted by Gasteiger charge is 2.17. The van der Waals surface area contributed by atoms with Crippen molar-refractivity contribution in [1.29, 1.82) is 0 Å². The second kappa shape index (κ2) is 8.15. The molecule has 5 heteroatoms. The van der Waals surface area contributed by atoms with Gasteiger partial charge in [-0.05, 0) is 17.5 Å². The van der Waals surface area contributed by atoms with Gasteiger partial charge in [0.05, 0.1) is 12.0 Å². The van der Waals surface area contributed by atoms with E-state index in [0.29, 0.717) is 5.75 Å². The van der Waals surface area contributed by atoms with Gasteiger partial charge in [0, 0.05) is 5.56 Å². The van der Waals surface area contributed by atoms with Crippen LogP contribution < -0.4 is 15.2 Å². The average Bonchev–Trinajstić information content (AvgIpc) is 2.58. The van der Waals surface area contributed by atoms with E-state index in [9.17, 15) is 14.7 Å². The minimum absolute atomic E-state index is 0.264. The van der Waals surface area contributed by atoms with E-state index in [1.165, 1.54) is 0 Å². The van der Waals surface area contributed by atoms with Gasteiger partial charge in [-0.1, -0.05) is 62.4 Å². The Labute approximate surface area is 141 Å². The first-order valence-corrected chi connectivity index (χ1v) is 7.76. The lowest BCUT2D eigenvalue weighted by atomic mass is 10.0. The molecule has 0 bridgehead atoms. The third-order valence-corrected chi connectivity index (χ3v) is 3.57. The van der Waals surface area contributed by atoms with Crippen LogP contribution in [0.4, 0.5) is 0 Å². The molecule has 0 spiro atoms. The number of amides is 1. The molecule has 126 valence electrons. The fraction of sp³-hybridized carbons (Fsp3) is 0.263. The van der Waals surface area contributed by atoms with Crippen molar-refractivity contribution in [3.8, 4) is 16.9 Å². The van der Waals surface area contributed by atoms with E-state index >= 15 is 0 Å². The molecule has 2 rings (SSSR count). The number of aliphatic carboxylic acids is 1. The van der Waals surface area contributed by atoms with E-state index in [2.05, 4.69) is 5.32 Å². The number of benzene rings is 2. The van der Waals surface area contributed by atoms with Gasteiger partial charge >= 0.3 is 0 Å². The molecule has 0 aliphatic rings. The zero-order valence-corrected chi connectivity index (χ0v) is 13.7. The van der Waals surface area contributed by atoms with Gasteiger partial charge in [-0.15, -0.1) is 0 Å². The van der Waals surface area contributed by atoms with Gasteiger partial charge < -0.3 is 20.0 Å². The quantitative estimate of drug-likeness (QED) is 0.839. The van der Waals surface area contributed by atoms with Crippen LogP contribution in [0.2, 0.25) is 0 Å². The minimum Gasteiger partial charge on any atom is -0.548 e. The highest BCUT2D eigenvalue weighted by molar-refractivity contribution is 5.84. The summed E-state index contributed by atoms with van der Waals surface area (Å²) < 4.78 is 5.59. The van der Waals surface area contributed by atoms with Gasteiger partial charge in [0.15, 0.2) is 6.61 Å². The van der Waals surface area contributed by atoms with Crippen LogP contribution in [0.1, 0.15) is 13.8 Å². The molecule has 2 aromatic carbocycles. The summed E-state index contributed by atoms with van der Waals surface area (Å²) in [7, 11) is 0. The van der Waals surface area contributed by atoms with Crippen molar-refractivity contribution in [1.82, 2.24) is 5.32 Å². The number of para-hydroxylation sites is 1.